The van der Waals surface area contributed by atoms with Gasteiger partial charge in [0.2, 0.25) is 0 Å². The maximum absolute atomic E-state index is 14.4. The number of carbonyl (C=O) groups excluding carboxylic acids is 1. The molecule has 0 spiro atoms. The average molecular weight is 613 g/mol. The number of para-hydroxylation sites is 1. The van der Waals surface area contributed by atoms with E-state index in [4.69, 9.17) is 0 Å². The Morgan fingerprint density at radius 1 is 1.04 bits per heavy atom. The average Bonchev–Trinajstić information content (AvgIpc) is 3.67. The molecule has 6 aromatic rings. The number of benzene rings is 2. The Balaban J connectivity index is 1.37. The highest BCUT2D eigenvalue weighted by Crippen LogP contribution is 2.24. The van der Waals surface area contributed by atoms with E-state index in [0.29, 0.717) is 39.2 Å². The van der Waals surface area contributed by atoms with Gasteiger partial charge in [0, 0.05) is 42.1 Å². The Labute approximate surface area is 267 Å². The van der Waals surface area contributed by atoms with E-state index >= 15 is 0 Å². The van der Waals surface area contributed by atoms with Gasteiger partial charge in [-0.05, 0) is 62.7 Å². The van der Waals surface area contributed by atoms with E-state index in [1.54, 1.807) is 40.7 Å². The van der Waals surface area contributed by atoms with Crippen molar-refractivity contribution in [2.24, 2.45) is 0 Å². The van der Waals surface area contributed by atoms with Gasteiger partial charge in [-0.1, -0.05) is 56.0 Å². The first-order valence-corrected chi connectivity index (χ1v) is 15.5. The topological polar surface area (TPSA) is 102 Å². The predicted octanol–water partition coefficient (Wildman–Crippen LogP) is 4.77. The van der Waals surface area contributed by atoms with Gasteiger partial charge in [0.15, 0.2) is 5.65 Å². The molecule has 0 aliphatic rings. The molecule has 0 saturated heterocycles. The zero-order valence-corrected chi connectivity index (χ0v) is 26.4. The molecule has 0 saturated carbocycles. The molecule has 10 nitrogen and oxygen atoms in total. The molecule has 1 atom stereocenters. The summed E-state index contributed by atoms with van der Waals surface area (Å²) < 4.78 is 5.15. The molecular weight excluding hydrogens is 576 g/mol. The number of amides is 1. The Morgan fingerprint density at radius 3 is 2.63 bits per heavy atom. The van der Waals surface area contributed by atoms with Gasteiger partial charge in [-0.2, -0.15) is 10.2 Å². The number of likely N-dealkylation sites (N-methyl/N-ethyl adjacent to an activating group) is 1. The molecule has 0 radical (unpaired) electrons. The van der Waals surface area contributed by atoms with Crippen LogP contribution in [0.25, 0.3) is 22.1 Å². The van der Waals surface area contributed by atoms with Crippen molar-refractivity contribution < 1.29 is 4.79 Å². The normalized spacial score (nSPS) is 11.9. The largest absolute Gasteiger partial charge is 0.344 e. The first kappa shape index (κ1) is 30.5. The van der Waals surface area contributed by atoms with E-state index in [1.807, 2.05) is 72.4 Å². The first-order valence-electron chi connectivity index (χ1n) is 15.5. The van der Waals surface area contributed by atoms with Crippen LogP contribution in [0.1, 0.15) is 59.7 Å². The smallest absolute Gasteiger partial charge is 0.264 e. The van der Waals surface area contributed by atoms with E-state index in [1.165, 1.54) is 0 Å². The van der Waals surface area contributed by atoms with E-state index in [-0.39, 0.29) is 11.5 Å². The van der Waals surface area contributed by atoms with Crippen LogP contribution < -0.4 is 10.9 Å². The van der Waals surface area contributed by atoms with Crippen LogP contribution in [-0.2, 0) is 6.54 Å². The van der Waals surface area contributed by atoms with Crippen LogP contribution in [0.4, 0.5) is 0 Å². The number of nitrogens with one attached hydrogen (secondary N) is 1. The van der Waals surface area contributed by atoms with Crippen molar-refractivity contribution in [3.05, 3.63) is 124 Å². The lowest BCUT2D eigenvalue weighted by Gasteiger charge is -2.21. The lowest BCUT2D eigenvalue weighted by molar-refractivity contribution is 0.0939. The summed E-state index contributed by atoms with van der Waals surface area (Å²) in [6.45, 7) is 11.7. The zero-order chi connectivity index (χ0) is 32.2. The van der Waals surface area contributed by atoms with Gasteiger partial charge in [0.1, 0.15) is 5.56 Å². The summed E-state index contributed by atoms with van der Waals surface area (Å²) in [7, 11) is 0. The van der Waals surface area contributed by atoms with Crippen molar-refractivity contribution in [3.63, 3.8) is 0 Å². The standard InChI is InChI=1S/C36H36N8O2/c1-5-41(6-2)20-21-42-24-27(23-38-42)16-17-28-12-10-13-29-22-31(44(36(46)33(28)29)30-14-8-7-9-15-30)25(3)39-35(45)32-26(4)40-43-19-11-18-37-34(32)43/h7-15,18-19,22-25H,5-6,20-21H2,1-4H3,(H,39,45)/t25-/m0/s1. The van der Waals surface area contributed by atoms with Crippen molar-refractivity contribution in [1.29, 1.82) is 0 Å². The second kappa shape index (κ2) is 13.2. The third-order valence-electron chi connectivity index (χ3n) is 8.19. The van der Waals surface area contributed by atoms with Crippen LogP contribution in [0.15, 0.2) is 90.2 Å². The molecule has 0 fully saturated rings. The molecule has 10 heteroatoms. The van der Waals surface area contributed by atoms with Gasteiger partial charge < -0.3 is 10.2 Å². The summed E-state index contributed by atoms with van der Waals surface area (Å²) in [6.07, 6.45) is 7.08. The molecule has 4 heterocycles. The molecular formula is C36H36N8O2. The Morgan fingerprint density at radius 2 is 1.85 bits per heavy atom. The molecule has 232 valence electrons. The van der Waals surface area contributed by atoms with Crippen LogP contribution in [0.5, 0.6) is 0 Å². The number of aryl methyl sites for hydroxylation is 1. The number of aromatic nitrogens is 6. The third-order valence-corrected chi connectivity index (χ3v) is 8.19. The molecule has 0 bridgehead atoms. The fourth-order valence-electron chi connectivity index (χ4n) is 5.73. The van der Waals surface area contributed by atoms with Gasteiger partial charge >= 0.3 is 0 Å². The second-order valence-corrected chi connectivity index (χ2v) is 11.1. The number of hydrogen-bond donors (Lipinski definition) is 1. The number of hydrogen-bond acceptors (Lipinski definition) is 6. The lowest BCUT2D eigenvalue weighted by Crippen LogP contribution is -2.32. The van der Waals surface area contributed by atoms with Gasteiger partial charge in [0.25, 0.3) is 11.5 Å². The van der Waals surface area contributed by atoms with Crippen molar-refractivity contribution in [3.8, 4) is 17.5 Å². The minimum atomic E-state index is -0.528. The number of rotatable bonds is 9. The van der Waals surface area contributed by atoms with Crippen LogP contribution >= 0.6 is 0 Å². The monoisotopic (exact) mass is 612 g/mol. The highest BCUT2D eigenvalue weighted by atomic mass is 16.2. The summed E-state index contributed by atoms with van der Waals surface area (Å²) in [5.74, 6) is 6.13. The molecule has 1 N–H and O–H groups in total. The van der Waals surface area contributed by atoms with Crippen LogP contribution in [-0.4, -0.2) is 59.4 Å². The maximum atomic E-state index is 14.4. The molecule has 6 rings (SSSR count). The fraction of sp³-hybridized carbons (Fsp3) is 0.250. The summed E-state index contributed by atoms with van der Waals surface area (Å²) in [5.41, 5.74) is 3.96. The minimum Gasteiger partial charge on any atom is -0.344 e. The highest BCUT2D eigenvalue weighted by Gasteiger charge is 2.23. The van der Waals surface area contributed by atoms with E-state index in [9.17, 15) is 9.59 Å². The molecule has 1 amide bonds. The molecule has 46 heavy (non-hydrogen) atoms. The van der Waals surface area contributed by atoms with Gasteiger partial charge in [0.05, 0.1) is 35.4 Å². The number of nitrogens with zero attached hydrogens (tertiary/aromatic N) is 7. The molecule has 0 aliphatic heterocycles. The summed E-state index contributed by atoms with van der Waals surface area (Å²) >= 11 is 0. The molecule has 4 aromatic heterocycles. The third kappa shape index (κ3) is 6.05. The SMILES string of the molecule is CCN(CC)CCn1cc(C#Cc2cccc3cc([C@H](C)NC(=O)c4c(C)nn5cccnc45)n(-c4ccccc4)c(=O)c23)cn1. The van der Waals surface area contributed by atoms with Gasteiger partial charge in [-0.3, -0.25) is 18.8 Å². The van der Waals surface area contributed by atoms with Crippen LogP contribution in [0, 0.1) is 18.8 Å². The fourth-order valence-corrected chi connectivity index (χ4v) is 5.73. The summed E-state index contributed by atoms with van der Waals surface area (Å²) in [6, 6.07) is 18.3. The molecule has 2 aromatic carbocycles. The Bertz CT molecular complexity index is 2150. The molecule has 0 unspecified atom stereocenters. The summed E-state index contributed by atoms with van der Waals surface area (Å²) in [5, 5.41) is 13.2. The number of carbonyl (C=O) groups is 1. The van der Waals surface area contributed by atoms with Crippen molar-refractivity contribution in [2.75, 3.05) is 19.6 Å². The van der Waals surface area contributed by atoms with Gasteiger partial charge in [-0.25, -0.2) is 9.50 Å². The zero-order valence-electron chi connectivity index (χ0n) is 26.4. The second-order valence-electron chi connectivity index (χ2n) is 11.1. The van der Waals surface area contributed by atoms with E-state index in [0.717, 1.165) is 37.1 Å². The first-order chi connectivity index (χ1) is 22.4. The maximum Gasteiger partial charge on any atom is 0.264 e. The van der Waals surface area contributed by atoms with Crippen LogP contribution in [0.3, 0.4) is 0 Å². The lowest BCUT2D eigenvalue weighted by atomic mass is 10.0. The summed E-state index contributed by atoms with van der Waals surface area (Å²) in [4.78, 5) is 34.7. The van der Waals surface area contributed by atoms with Crippen molar-refractivity contribution in [1.82, 2.24) is 39.2 Å². The minimum absolute atomic E-state index is 0.214. The van der Waals surface area contributed by atoms with E-state index in [2.05, 4.69) is 51.1 Å². The molecule has 0 aliphatic carbocycles. The van der Waals surface area contributed by atoms with Crippen molar-refractivity contribution in [2.45, 2.75) is 40.3 Å². The number of fused-ring (bicyclic) bond motifs is 2. The Hall–Kier alpha value is -5.53. The number of pyridine rings is 1. The Kier molecular flexibility index (Phi) is 8.76. The van der Waals surface area contributed by atoms with Gasteiger partial charge in [-0.15, -0.1) is 0 Å². The van der Waals surface area contributed by atoms with E-state index < -0.39 is 6.04 Å². The predicted molar refractivity (Wildman–Crippen MR) is 179 cm³/mol. The quantitative estimate of drug-likeness (QED) is 0.236. The highest BCUT2D eigenvalue weighted by molar-refractivity contribution is 6.01. The van der Waals surface area contributed by atoms with Crippen LogP contribution in [0.2, 0.25) is 0 Å². The van der Waals surface area contributed by atoms with Crippen molar-refractivity contribution >= 4 is 22.3 Å².